The highest BCUT2D eigenvalue weighted by atomic mass is 16.5. The van der Waals surface area contributed by atoms with Crippen molar-refractivity contribution in [3.63, 3.8) is 0 Å². The molecule has 1 aliphatic rings. The van der Waals surface area contributed by atoms with Gasteiger partial charge in [0.2, 0.25) is 0 Å². The van der Waals surface area contributed by atoms with Gasteiger partial charge in [0.25, 0.3) is 0 Å². The van der Waals surface area contributed by atoms with E-state index in [9.17, 15) is 0 Å². The standard InChI is InChI=1S/C10H18O/c1-4-5-10-6-9(7-11-10)8(2)3/h4-5,8-10H,6-7H2,1-3H3/b5-4+/t9-,10-/m1/s1/i7T/t7-,9+,10+/m0. The molecule has 0 aliphatic carbocycles. The lowest BCUT2D eigenvalue weighted by atomic mass is 9.93. The van der Waals surface area contributed by atoms with Crippen molar-refractivity contribution in [2.24, 2.45) is 11.8 Å². The minimum Gasteiger partial charge on any atom is -0.374 e. The molecule has 1 heterocycles. The van der Waals surface area contributed by atoms with Crippen LogP contribution in [0, 0.1) is 11.8 Å². The molecular weight excluding hydrogens is 136 g/mol. The molecule has 1 heteroatoms. The predicted molar refractivity (Wildman–Crippen MR) is 47.5 cm³/mol. The first-order valence-electron chi connectivity index (χ1n) is 4.93. The maximum Gasteiger partial charge on any atom is 0.0759 e. The van der Waals surface area contributed by atoms with E-state index in [4.69, 9.17) is 6.11 Å². The zero-order valence-electron chi connectivity index (χ0n) is 8.58. The molecule has 0 aromatic rings. The minimum atomic E-state index is -0.314. The summed E-state index contributed by atoms with van der Waals surface area (Å²) in [6.45, 7) is 6.00. The zero-order chi connectivity index (χ0) is 9.14. The van der Waals surface area contributed by atoms with Gasteiger partial charge in [-0.05, 0) is 25.2 Å². The Hall–Kier alpha value is -0.300. The largest absolute Gasteiger partial charge is 0.374 e. The fraction of sp³-hybridized carbons (Fsp3) is 0.800. The van der Waals surface area contributed by atoms with Gasteiger partial charge in [0.1, 0.15) is 0 Å². The third-order valence-corrected chi connectivity index (χ3v) is 2.20. The van der Waals surface area contributed by atoms with Gasteiger partial charge in [-0.25, -0.2) is 0 Å². The monoisotopic (exact) mass is 156 g/mol. The lowest BCUT2D eigenvalue weighted by Crippen LogP contribution is -2.07. The fourth-order valence-electron chi connectivity index (χ4n) is 1.35. The van der Waals surface area contributed by atoms with E-state index >= 15 is 0 Å². The van der Waals surface area contributed by atoms with E-state index in [0.717, 1.165) is 6.42 Å². The van der Waals surface area contributed by atoms with Crippen LogP contribution in [0.4, 0.5) is 0 Å². The molecule has 1 fully saturated rings. The van der Waals surface area contributed by atoms with Gasteiger partial charge >= 0.3 is 0 Å². The van der Waals surface area contributed by atoms with E-state index < -0.39 is 0 Å². The van der Waals surface area contributed by atoms with Crippen LogP contribution in [-0.4, -0.2) is 12.7 Å². The van der Waals surface area contributed by atoms with Gasteiger partial charge in [-0.1, -0.05) is 26.0 Å². The Kier molecular flexibility index (Phi) is 2.62. The number of ether oxygens (including phenoxy) is 1. The minimum absolute atomic E-state index is 0.185. The quantitative estimate of drug-likeness (QED) is 0.558. The van der Waals surface area contributed by atoms with Crippen LogP contribution in [0.3, 0.4) is 0 Å². The SMILES string of the molecule is [3H][C@@H]1O[C@H](/C=C/C)C[C@H]1C(C)C. The summed E-state index contributed by atoms with van der Waals surface area (Å²) in [7, 11) is 0. The van der Waals surface area contributed by atoms with Gasteiger partial charge in [-0.3, -0.25) is 0 Å². The Morgan fingerprint density at radius 3 is 2.82 bits per heavy atom. The zero-order valence-corrected chi connectivity index (χ0v) is 7.58. The van der Waals surface area contributed by atoms with Crippen LogP contribution in [0.2, 0.25) is 0 Å². The Bertz CT molecular complexity index is 165. The molecule has 0 unspecified atom stereocenters. The van der Waals surface area contributed by atoms with Gasteiger partial charge in [0.15, 0.2) is 0 Å². The van der Waals surface area contributed by atoms with Gasteiger partial charge in [0.05, 0.1) is 14.1 Å². The molecule has 1 saturated heterocycles. The first-order chi connectivity index (χ1) is 5.65. The van der Waals surface area contributed by atoms with Crippen LogP contribution in [0.15, 0.2) is 12.2 Å². The van der Waals surface area contributed by atoms with E-state index in [1.807, 2.05) is 19.1 Å². The molecule has 0 saturated carbocycles. The summed E-state index contributed by atoms with van der Waals surface area (Å²) >= 11 is 0. The van der Waals surface area contributed by atoms with Crippen molar-refractivity contribution in [3.05, 3.63) is 12.2 Å². The third-order valence-electron chi connectivity index (χ3n) is 2.20. The summed E-state index contributed by atoms with van der Waals surface area (Å²) in [4.78, 5) is 0. The first kappa shape index (κ1) is 7.35. The van der Waals surface area contributed by atoms with E-state index in [2.05, 4.69) is 13.8 Å². The number of hydrogen-bond acceptors (Lipinski definition) is 1. The summed E-state index contributed by atoms with van der Waals surface area (Å²) in [6.07, 6.45) is 5.24. The van der Waals surface area contributed by atoms with Crippen molar-refractivity contribution in [3.8, 4) is 0 Å². The maximum absolute atomic E-state index is 7.67. The molecule has 0 amide bonds. The topological polar surface area (TPSA) is 9.23 Å². The van der Waals surface area contributed by atoms with Crippen molar-refractivity contribution in [1.82, 2.24) is 0 Å². The molecule has 1 aliphatic heterocycles. The van der Waals surface area contributed by atoms with Gasteiger partial charge in [-0.15, -0.1) is 0 Å². The molecular formula is C10H18O. The normalized spacial score (nSPS) is 40.4. The van der Waals surface area contributed by atoms with Gasteiger partial charge in [-0.2, -0.15) is 0 Å². The smallest absolute Gasteiger partial charge is 0.0759 e. The maximum atomic E-state index is 7.67. The highest BCUT2D eigenvalue weighted by Gasteiger charge is 2.25. The van der Waals surface area contributed by atoms with Crippen molar-refractivity contribution < 1.29 is 6.11 Å². The van der Waals surface area contributed by atoms with Crippen molar-refractivity contribution in [2.75, 3.05) is 6.58 Å². The van der Waals surface area contributed by atoms with Crippen molar-refractivity contribution in [2.45, 2.75) is 33.3 Å². The molecule has 0 radical (unpaired) electrons. The average molecular weight is 156 g/mol. The van der Waals surface area contributed by atoms with Gasteiger partial charge < -0.3 is 4.74 Å². The van der Waals surface area contributed by atoms with Crippen LogP contribution in [0.1, 0.15) is 28.6 Å². The molecule has 3 atom stereocenters. The first-order valence-corrected chi connectivity index (χ1v) is 4.35. The van der Waals surface area contributed by atoms with Crippen LogP contribution >= 0.6 is 0 Å². The Morgan fingerprint density at radius 1 is 1.64 bits per heavy atom. The Labute approximate surface area is 70.8 Å². The number of rotatable bonds is 2. The second-order valence-corrected chi connectivity index (χ2v) is 3.48. The highest BCUT2D eigenvalue weighted by molar-refractivity contribution is 4.91. The summed E-state index contributed by atoms with van der Waals surface area (Å²) in [6, 6.07) is 0. The second-order valence-electron chi connectivity index (χ2n) is 3.48. The second kappa shape index (κ2) is 3.91. The Balaban J connectivity index is 2.50. The van der Waals surface area contributed by atoms with Crippen molar-refractivity contribution >= 4 is 0 Å². The summed E-state index contributed by atoms with van der Waals surface area (Å²) in [5, 5.41) is 0. The third kappa shape index (κ3) is 2.33. The molecule has 0 N–H and O–H groups in total. The van der Waals surface area contributed by atoms with Crippen LogP contribution in [0.5, 0.6) is 0 Å². The number of allylic oxidation sites excluding steroid dienone is 1. The van der Waals surface area contributed by atoms with Crippen LogP contribution in [-0.2, 0) is 4.74 Å². The molecule has 0 aromatic heterocycles. The number of hydrogen-bond donors (Lipinski definition) is 0. The average Bonchev–Trinajstić information content (AvgIpc) is 2.32. The molecule has 0 bridgehead atoms. The molecule has 64 valence electrons. The lowest BCUT2D eigenvalue weighted by Gasteiger charge is -2.10. The van der Waals surface area contributed by atoms with Crippen LogP contribution in [0.25, 0.3) is 0 Å². The highest BCUT2D eigenvalue weighted by Crippen LogP contribution is 2.26. The Morgan fingerprint density at radius 2 is 2.36 bits per heavy atom. The molecule has 1 nitrogen and oxygen atoms in total. The fourth-order valence-corrected chi connectivity index (χ4v) is 1.35. The molecule has 1 rings (SSSR count). The van der Waals surface area contributed by atoms with E-state index in [1.54, 1.807) is 0 Å². The summed E-state index contributed by atoms with van der Waals surface area (Å²) in [5.74, 6) is 0.967. The van der Waals surface area contributed by atoms with E-state index in [1.165, 1.54) is 0 Å². The summed E-state index contributed by atoms with van der Waals surface area (Å²) < 4.78 is 13.1. The van der Waals surface area contributed by atoms with E-state index in [0.29, 0.717) is 11.8 Å². The predicted octanol–water partition coefficient (Wildman–Crippen LogP) is 2.62. The molecule has 11 heavy (non-hydrogen) atoms. The lowest BCUT2D eigenvalue weighted by molar-refractivity contribution is 0.134. The van der Waals surface area contributed by atoms with Crippen LogP contribution < -0.4 is 0 Å². The summed E-state index contributed by atoms with van der Waals surface area (Å²) in [5.41, 5.74) is 0. The molecule has 0 aromatic carbocycles. The van der Waals surface area contributed by atoms with Crippen molar-refractivity contribution in [1.29, 1.82) is 0 Å². The van der Waals surface area contributed by atoms with Gasteiger partial charge in [0, 0.05) is 0 Å². The molecule has 0 spiro atoms. The van der Waals surface area contributed by atoms with E-state index in [-0.39, 0.29) is 12.7 Å².